The molecular formula is C11H15N5OS3. The summed E-state index contributed by atoms with van der Waals surface area (Å²) < 4.78 is 1.02. The lowest BCUT2D eigenvalue weighted by atomic mass is 10.3. The van der Waals surface area contributed by atoms with E-state index in [-0.39, 0.29) is 5.91 Å². The van der Waals surface area contributed by atoms with E-state index in [1.165, 1.54) is 0 Å². The van der Waals surface area contributed by atoms with Crippen LogP contribution >= 0.6 is 34.9 Å². The molecule has 0 fully saturated rings. The maximum absolute atomic E-state index is 11.7. The highest BCUT2D eigenvalue weighted by molar-refractivity contribution is 8.01. The first-order valence-electron chi connectivity index (χ1n) is 6.10. The van der Waals surface area contributed by atoms with E-state index in [4.69, 9.17) is 0 Å². The van der Waals surface area contributed by atoms with Gasteiger partial charge in [-0.25, -0.2) is 4.98 Å². The molecule has 0 aliphatic rings. The topological polar surface area (TPSA) is 83.6 Å². The summed E-state index contributed by atoms with van der Waals surface area (Å²) in [6.07, 6.45) is 2.00. The Bertz CT molecular complexity index is 528. The molecule has 0 radical (unpaired) electrons. The minimum atomic E-state index is 0.00380. The van der Waals surface area contributed by atoms with Crippen molar-refractivity contribution in [2.75, 3.05) is 18.1 Å². The standard InChI is InChI=1S/C11H15N5OS3/c1-2-18-11-14-8(7-20-11)5-9(17)12-3-4-19-10-6-13-16-15-10/h6-7H,2-5H2,1H3,(H,12,17)(H,13,15,16). The van der Waals surface area contributed by atoms with E-state index in [0.29, 0.717) is 13.0 Å². The molecule has 1 amide bonds. The van der Waals surface area contributed by atoms with E-state index in [9.17, 15) is 4.79 Å². The van der Waals surface area contributed by atoms with Crippen molar-refractivity contribution < 1.29 is 4.79 Å². The Balaban J connectivity index is 1.64. The zero-order valence-electron chi connectivity index (χ0n) is 11.0. The number of carbonyl (C=O) groups excluding carboxylic acids is 1. The van der Waals surface area contributed by atoms with E-state index < -0.39 is 0 Å². The second-order valence-corrected chi connectivity index (χ2v) is 7.21. The molecule has 0 saturated carbocycles. The molecule has 0 unspecified atom stereocenters. The summed E-state index contributed by atoms with van der Waals surface area (Å²) in [6, 6.07) is 0. The van der Waals surface area contributed by atoms with E-state index in [0.717, 1.165) is 26.6 Å². The fraction of sp³-hybridized carbons (Fsp3) is 0.455. The van der Waals surface area contributed by atoms with Crippen LogP contribution in [0.4, 0.5) is 0 Å². The van der Waals surface area contributed by atoms with Gasteiger partial charge in [0.1, 0.15) is 9.37 Å². The zero-order valence-corrected chi connectivity index (χ0v) is 13.4. The van der Waals surface area contributed by atoms with Gasteiger partial charge in [-0.1, -0.05) is 18.7 Å². The van der Waals surface area contributed by atoms with Crippen molar-refractivity contribution in [2.45, 2.75) is 22.7 Å². The number of hydrogen-bond acceptors (Lipinski definition) is 7. The second-order valence-electron chi connectivity index (χ2n) is 3.72. The Morgan fingerprint density at radius 3 is 3.15 bits per heavy atom. The smallest absolute Gasteiger partial charge is 0.226 e. The number of hydrogen-bond donors (Lipinski definition) is 2. The maximum Gasteiger partial charge on any atom is 0.226 e. The highest BCUT2D eigenvalue weighted by Gasteiger charge is 2.07. The molecule has 9 heteroatoms. The molecular weight excluding hydrogens is 314 g/mol. The number of aromatic amines is 1. The van der Waals surface area contributed by atoms with Gasteiger partial charge in [0.15, 0.2) is 0 Å². The Morgan fingerprint density at radius 1 is 1.50 bits per heavy atom. The summed E-state index contributed by atoms with van der Waals surface area (Å²) in [6.45, 7) is 2.70. The normalized spacial score (nSPS) is 10.7. The number of thiazole rings is 1. The predicted octanol–water partition coefficient (Wildman–Crippen LogP) is 1.82. The quantitative estimate of drug-likeness (QED) is 0.568. The summed E-state index contributed by atoms with van der Waals surface area (Å²) >= 11 is 4.84. The Hall–Kier alpha value is -1.06. The molecule has 0 atom stereocenters. The molecule has 2 N–H and O–H groups in total. The average molecular weight is 329 g/mol. The van der Waals surface area contributed by atoms with Crippen LogP contribution in [-0.4, -0.2) is 44.4 Å². The third-order valence-corrected chi connectivity index (χ3v) is 5.06. The third-order valence-electron chi connectivity index (χ3n) is 2.21. The Kier molecular flexibility index (Phi) is 6.34. The minimum absolute atomic E-state index is 0.00380. The van der Waals surface area contributed by atoms with Gasteiger partial charge in [0, 0.05) is 17.7 Å². The Labute approximate surface area is 129 Å². The molecule has 2 aromatic rings. The molecule has 0 bridgehead atoms. The lowest BCUT2D eigenvalue weighted by Crippen LogP contribution is -2.27. The van der Waals surface area contributed by atoms with Gasteiger partial charge in [0.25, 0.3) is 0 Å². The highest BCUT2D eigenvalue weighted by atomic mass is 32.2. The van der Waals surface area contributed by atoms with Crippen molar-refractivity contribution >= 4 is 40.8 Å². The maximum atomic E-state index is 11.7. The van der Waals surface area contributed by atoms with Gasteiger partial charge in [-0.05, 0) is 5.75 Å². The van der Waals surface area contributed by atoms with Crippen molar-refractivity contribution in [2.24, 2.45) is 0 Å². The summed E-state index contributed by atoms with van der Waals surface area (Å²) in [5.74, 6) is 1.77. The van der Waals surface area contributed by atoms with E-state index in [1.807, 2.05) is 5.38 Å². The van der Waals surface area contributed by atoms with E-state index >= 15 is 0 Å². The van der Waals surface area contributed by atoms with Gasteiger partial charge in [-0.3, -0.25) is 4.79 Å². The third kappa shape index (κ3) is 5.14. The van der Waals surface area contributed by atoms with Crippen LogP contribution in [-0.2, 0) is 11.2 Å². The molecule has 2 aromatic heterocycles. The van der Waals surface area contributed by atoms with Crippen LogP contribution in [0.2, 0.25) is 0 Å². The van der Waals surface area contributed by atoms with Crippen molar-refractivity contribution in [1.82, 2.24) is 25.7 Å². The van der Waals surface area contributed by atoms with Crippen molar-refractivity contribution in [1.29, 1.82) is 0 Å². The summed E-state index contributed by atoms with van der Waals surface area (Å²) in [5, 5.41) is 15.8. The van der Waals surface area contributed by atoms with Gasteiger partial charge >= 0.3 is 0 Å². The first-order valence-corrected chi connectivity index (χ1v) is 8.95. The number of thioether (sulfide) groups is 2. The molecule has 20 heavy (non-hydrogen) atoms. The van der Waals surface area contributed by atoms with Gasteiger partial charge in [-0.15, -0.1) is 28.2 Å². The largest absolute Gasteiger partial charge is 0.355 e. The van der Waals surface area contributed by atoms with E-state index in [1.54, 1.807) is 41.1 Å². The Morgan fingerprint density at radius 2 is 2.40 bits per heavy atom. The lowest BCUT2D eigenvalue weighted by Gasteiger charge is -2.02. The predicted molar refractivity (Wildman–Crippen MR) is 82.3 cm³/mol. The molecule has 0 saturated heterocycles. The fourth-order valence-electron chi connectivity index (χ4n) is 1.39. The van der Waals surface area contributed by atoms with Crippen LogP contribution in [0.3, 0.4) is 0 Å². The summed E-state index contributed by atoms with van der Waals surface area (Å²) in [5.41, 5.74) is 0.840. The van der Waals surface area contributed by atoms with Gasteiger partial charge in [0.05, 0.1) is 18.3 Å². The highest BCUT2D eigenvalue weighted by Crippen LogP contribution is 2.22. The van der Waals surface area contributed by atoms with Crippen LogP contribution in [0.25, 0.3) is 0 Å². The first-order chi connectivity index (χ1) is 9.78. The minimum Gasteiger partial charge on any atom is -0.355 e. The number of aromatic nitrogens is 4. The van der Waals surface area contributed by atoms with Crippen LogP contribution in [0, 0.1) is 0 Å². The number of nitrogens with zero attached hydrogens (tertiary/aromatic N) is 3. The first kappa shape index (κ1) is 15.3. The summed E-state index contributed by atoms with van der Waals surface area (Å²) in [7, 11) is 0. The van der Waals surface area contributed by atoms with Gasteiger partial charge < -0.3 is 5.32 Å². The fourth-order valence-corrected chi connectivity index (χ4v) is 3.78. The second kappa shape index (κ2) is 8.28. The van der Waals surface area contributed by atoms with Crippen LogP contribution in [0.15, 0.2) is 20.9 Å². The average Bonchev–Trinajstić information content (AvgIpc) is 3.07. The molecule has 0 aromatic carbocycles. The number of H-pyrrole nitrogens is 1. The summed E-state index contributed by atoms with van der Waals surface area (Å²) in [4.78, 5) is 16.1. The zero-order chi connectivity index (χ0) is 14.2. The molecule has 2 rings (SSSR count). The van der Waals surface area contributed by atoms with Gasteiger partial charge in [-0.2, -0.15) is 10.3 Å². The van der Waals surface area contributed by atoms with Crippen LogP contribution in [0.1, 0.15) is 12.6 Å². The van der Waals surface area contributed by atoms with Crippen molar-refractivity contribution in [3.8, 4) is 0 Å². The molecule has 6 nitrogen and oxygen atoms in total. The molecule has 0 aliphatic carbocycles. The van der Waals surface area contributed by atoms with Crippen molar-refractivity contribution in [3.05, 3.63) is 17.3 Å². The van der Waals surface area contributed by atoms with Gasteiger partial charge in [0.2, 0.25) is 5.91 Å². The lowest BCUT2D eigenvalue weighted by molar-refractivity contribution is -0.120. The molecule has 108 valence electrons. The number of rotatable bonds is 8. The SMILES string of the molecule is CCSc1nc(CC(=O)NCCSc2cn[nH]n2)cs1. The number of amides is 1. The van der Waals surface area contributed by atoms with Crippen LogP contribution in [0.5, 0.6) is 0 Å². The van der Waals surface area contributed by atoms with Crippen molar-refractivity contribution in [3.63, 3.8) is 0 Å². The number of nitrogens with one attached hydrogen (secondary N) is 2. The van der Waals surface area contributed by atoms with Crippen LogP contribution < -0.4 is 5.32 Å². The molecule has 0 spiro atoms. The van der Waals surface area contributed by atoms with E-state index in [2.05, 4.69) is 32.6 Å². The molecule has 2 heterocycles. The molecule has 0 aliphatic heterocycles. The number of carbonyl (C=O) groups is 1. The monoisotopic (exact) mass is 329 g/mol.